The predicted molar refractivity (Wildman–Crippen MR) is 61.4 cm³/mol. The van der Waals surface area contributed by atoms with Gasteiger partial charge in [-0.15, -0.1) is 0 Å². The lowest BCUT2D eigenvalue weighted by Gasteiger charge is -2.10. The molecule has 0 aliphatic rings. The summed E-state index contributed by atoms with van der Waals surface area (Å²) in [5.74, 6) is -0.413. The first-order valence-electron chi connectivity index (χ1n) is 5.41. The van der Waals surface area contributed by atoms with Gasteiger partial charge in [-0.25, -0.2) is 0 Å². The largest absolute Gasteiger partial charge is 0.389 e. The second kappa shape index (κ2) is 6.23. The van der Waals surface area contributed by atoms with Crippen LogP contribution < -0.4 is 10.6 Å². The van der Waals surface area contributed by atoms with Crippen LogP contribution >= 0.6 is 0 Å². The summed E-state index contributed by atoms with van der Waals surface area (Å²) in [6, 6.07) is 1.50. The lowest BCUT2D eigenvalue weighted by atomic mass is 10.2. The van der Waals surface area contributed by atoms with E-state index in [-0.39, 0.29) is 13.0 Å². The standard InChI is InChI=1S/C11H14F3N3O/c1-15-9-7-16-6-3-8(9)10(18)17-5-2-4-11(12,13)14/h3,6-7,15H,2,4-5H2,1H3,(H,17,18). The molecule has 1 amide bonds. The third-order valence-electron chi connectivity index (χ3n) is 2.26. The fraction of sp³-hybridized carbons (Fsp3) is 0.455. The number of nitrogens with zero attached hydrogens (tertiary/aromatic N) is 1. The Labute approximate surface area is 103 Å². The summed E-state index contributed by atoms with van der Waals surface area (Å²) in [5.41, 5.74) is 0.894. The zero-order valence-corrected chi connectivity index (χ0v) is 9.84. The summed E-state index contributed by atoms with van der Waals surface area (Å²) in [7, 11) is 1.64. The van der Waals surface area contributed by atoms with E-state index in [1.807, 2.05) is 0 Å². The second-order valence-electron chi connectivity index (χ2n) is 3.65. The highest BCUT2D eigenvalue weighted by Crippen LogP contribution is 2.20. The minimum atomic E-state index is -4.18. The molecule has 0 unspecified atom stereocenters. The van der Waals surface area contributed by atoms with Crippen LogP contribution in [0.2, 0.25) is 0 Å². The molecule has 18 heavy (non-hydrogen) atoms. The second-order valence-corrected chi connectivity index (χ2v) is 3.65. The number of nitrogens with one attached hydrogen (secondary N) is 2. The first kappa shape index (κ1) is 14.3. The van der Waals surface area contributed by atoms with E-state index in [0.29, 0.717) is 11.3 Å². The molecule has 0 bridgehead atoms. The molecule has 1 heterocycles. The number of halogens is 3. The first-order valence-corrected chi connectivity index (χ1v) is 5.41. The van der Waals surface area contributed by atoms with E-state index in [1.54, 1.807) is 7.05 Å². The highest BCUT2D eigenvalue weighted by molar-refractivity contribution is 5.99. The van der Waals surface area contributed by atoms with Crippen LogP contribution in [-0.4, -0.2) is 30.7 Å². The summed E-state index contributed by atoms with van der Waals surface area (Å²) < 4.78 is 35.7. The molecule has 0 aliphatic carbocycles. The highest BCUT2D eigenvalue weighted by Gasteiger charge is 2.26. The molecule has 100 valence electrons. The average Bonchev–Trinajstić information content (AvgIpc) is 2.33. The van der Waals surface area contributed by atoms with E-state index < -0.39 is 18.5 Å². The van der Waals surface area contributed by atoms with Crippen LogP contribution in [0.1, 0.15) is 23.2 Å². The molecule has 0 saturated carbocycles. The van der Waals surface area contributed by atoms with Crippen LogP contribution in [-0.2, 0) is 0 Å². The van der Waals surface area contributed by atoms with Crippen LogP contribution in [0.5, 0.6) is 0 Å². The Bertz CT molecular complexity index is 407. The van der Waals surface area contributed by atoms with Gasteiger partial charge in [0.2, 0.25) is 0 Å². The van der Waals surface area contributed by atoms with Crippen LogP contribution in [0.4, 0.5) is 18.9 Å². The Hall–Kier alpha value is -1.79. The zero-order valence-electron chi connectivity index (χ0n) is 9.84. The summed E-state index contributed by atoms with van der Waals surface area (Å²) in [4.78, 5) is 15.5. The predicted octanol–water partition coefficient (Wildman–Crippen LogP) is 2.20. The van der Waals surface area contributed by atoms with Crippen molar-refractivity contribution in [3.8, 4) is 0 Å². The maximum atomic E-state index is 11.9. The van der Waals surface area contributed by atoms with E-state index in [9.17, 15) is 18.0 Å². The molecule has 4 nitrogen and oxygen atoms in total. The summed E-state index contributed by atoms with van der Waals surface area (Å²) in [5, 5.41) is 5.23. The van der Waals surface area contributed by atoms with E-state index in [4.69, 9.17) is 0 Å². The number of amides is 1. The number of hydrogen-bond acceptors (Lipinski definition) is 3. The summed E-state index contributed by atoms with van der Waals surface area (Å²) in [6.45, 7) is -0.0101. The van der Waals surface area contributed by atoms with E-state index in [0.717, 1.165) is 0 Å². The average molecular weight is 261 g/mol. The molecule has 7 heteroatoms. The van der Waals surface area contributed by atoms with Crippen LogP contribution in [0.3, 0.4) is 0 Å². The number of anilines is 1. The number of rotatable bonds is 5. The Kier molecular flexibility index (Phi) is 4.94. The lowest BCUT2D eigenvalue weighted by Crippen LogP contribution is -2.26. The van der Waals surface area contributed by atoms with Gasteiger partial charge in [0.25, 0.3) is 5.91 Å². The Morgan fingerprint density at radius 1 is 1.44 bits per heavy atom. The van der Waals surface area contributed by atoms with Gasteiger partial charge >= 0.3 is 6.18 Å². The minimum absolute atomic E-state index is 0.0101. The van der Waals surface area contributed by atoms with E-state index >= 15 is 0 Å². The van der Waals surface area contributed by atoms with E-state index in [1.165, 1.54) is 18.5 Å². The molecule has 0 atom stereocenters. The van der Waals surface area contributed by atoms with Crippen molar-refractivity contribution < 1.29 is 18.0 Å². The minimum Gasteiger partial charge on any atom is -0.386 e. The Morgan fingerprint density at radius 2 is 2.17 bits per heavy atom. The number of carbonyl (C=O) groups is 1. The normalized spacial score (nSPS) is 11.1. The Balaban J connectivity index is 2.46. The monoisotopic (exact) mass is 261 g/mol. The number of carbonyl (C=O) groups excluding carboxylic acids is 1. The van der Waals surface area contributed by atoms with Crippen molar-refractivity contribution in [2.75, 3.05) is 18.9 Å². The van der Waals surface area contributed by atoms with Gasteiger partial charge in [0.1, 0.15) is 0 Å². The highest BCUT2D eigenvalue weighted by atomic mass is 19.4. The van der Waals surface area contributed by atoms with Crippen molar-refractivity contribution in [3.63, 3.8) is 0 Å². The third-order valence-corrected chi connectivity index (χ3v) is 2.26. The maximum Gasteiger partial charge on any atom is 0.389 e. The Morgan fingerprint density at radius 3 is 2.78 bits per heavy atom. The number of alkyl halides is 3. The summed E-state index contributed by atoms with van der Waals surface area (Å²) in [6.07, 6.45) is -2.29. The van der Waals surface area contributed by atoms with Crippen molar-refractivity contribution in [1.29, 1.82) is 0 Å². The molecular weight excluding hydrogens is 247 g/mol. The van der Waals surface area contributed by atoms with Crippen LogP contribution in [0, 0.1) is 0 Å². The lowest BCUT2D eigenvalue weighted by molar-refractivity contribution is -0.135. The first-order chi connectivity index (χ1) is 8.44. The fourth-order valence-electron chi connectivity index (χ4n) is 1.38. The van der Waals surface area contributed by atoms with Crippen molar-refractivity contribution in [3.05, 3.63) is 24.0 Å². The van der Waals surface area contributed by atoms with Crippen molar-refractivity contribution in [1.82, 2.24) is 10.3 Å². The van der Waals surface area contributed by atoms with Gasteiger partial charge in [-0.1, -0.05) is 0 Å². The molecule has 0 spiro atoms. The molecule has 1 aromatic heterocycles. The quantitative estimate of drug-likeness (QED) is 0.799. The van der Waals surface area contributed by atoms with Gasteiger partial charge in [-0.3, -0.25) is 9.78 Å². The molecule has 1 rings (SSSR count). The van der Waals surface area contributed by atoms with Crippen molar-refractivity contribution >= 4 is 11.6 Å². The molecule has 1 aromatic rings. The molecule has 0 fully saturated rings. The smallest absolute Gasteiger partial charge is 0.386 e. The van der Waals surface area contributed by atoms with Gasteiger partial charge in [0, 0.05) is 26.2 Å². The number of aromatic nitrogens is 1. The fourth-order valence-corrected chi connectivity index (χ4v) is 1.38. The van der Waals surface area contributed by atoms with Gasteiger partial charge in [-0.05, 0) is 12.5 Å². The van der Waals surface area contributed by atoms with Crippen LogP contribution in [0.15, 0.2) is 18.5 Å². The molecule has 0 radical (unpaired) electrons. The maximum absolute atomic E-state index is 11.9. The van der Waals surface area contributed by atoms with Crippen molar-refractivity contribution in [2.45, 2.75) is 19.0 Å². The third kappa shape index (κ3) is 4.60. The van der Waals surface area contributed by atoms with Gasteiger partial charge in [-0.2, -0.15) is 13.2 Å². The topological polar surface area (TPSA) is 54.0 Å². The van der Waals surface area contributed by atoms with Gasteiger partial charge < -0.3 is 10.6 Å². The molecule has 0 aliphatic heterocycles. The van der Waals surface area contributed by atoms with Gasteiger partial charge in [0.05, 0.1) is 17.4 Å². The molecule has 0 saturated heterocycles. The number of hydrogen-bond donors (Lipinski definition) is 2. The molecule has 2 N–H and O–H groups in total. The SMILES string of the molecule is CNc1cnccc1C(=O)NCCCC(F)(F)F. The van der Waals surface area contributed by atoms with Crippen LogP contribution in [0.25, 0.3) is 0 Å². The number of pyridine rings is 1. The summed E-state index contributed by atoms with van der Waals surface area (Å²) >= 11 is 0. The van der Waals surface area contributed by atoms with E-state index in [2.05, 4.69) is 15.6 Å². The zero-order chi connectivity index (χ0) is 13.6. The van der Waals surface area contributed by atoms with Gasteiger partial charge in [0.15, 0.2) is 0 Å². The molecule has 0 aromatic carbocycles. The van der Waals surface area contributed by atoms with Crippen molar-refractivity contribution in [2.24, 2.45) is 0 Å². The molecular formula is C11H14F3N3O.